The Balaban J connectivity index is 1.72. The molecule has 2 aliphatic rings. The highest BCUT2D eigenvalue weighted by Crippen LogP contribution is 2.39. The number of hydrogen-bond donors (Lipinski definition) is 1. The molecule has 1 aromatic carbocycles. The zero-order chi connectivity index (χ0) is 18.2. The highest BCUT2D eigenvalue weighted by Gasteiger charge is 2.55. The average molecular weight is 343 g/mol. The van der Waals surface area contributed by atoms with E-state index in [1.807, 2.05) is 32.0 Å². The van der Waals surface area contributed by atoms with Crippen LogP contribution in [0.4, 0.5) is 10.5 Å². The first-order valence-electron chi connectivity index (χ1n) is 8.82. The van der Waals surface area contributed by atoms with Crippen molar-refractivity contribution in [2.24, 2.45) is 0 Å². The first kappa shape index (κ1) is 17.5. The molecule has 134 valence electrons. The lowest BCUT2D eigenvalue weighted by molar-refractivity contribution is -0.136. The van der Waals surface area contributed by atoms with Crippen LogP contribution in [-0.4, -0.2) is 46.8 Å². The van der Waals surface area contributed by atoms with E-state index in [2.05, 4.69) is 5.32 Å². The molecule has 1 N–H and O–H groups in total. The van der Waals surface area contributed by atoms with Gasteiger partial charge in [0, 0.05) is 12.7 Å². The SMILES string of the molecule is Cc1ccc(NC(=O)CN2C(=O)N(C)C3(CCCCC3)C2=O)c(C)c1. The number of nitrogens with zero attached hydrogens (tertiary/aromatic N) is 2. The summed E-state index contributed by atoms with van der Waals surface area (Å²) >= 11 is 0. The standard InChI is InChI=1S/C19H25N3O3/c1-13-7-8-15(14(2)11-13)20-16(23)12-22-17(24)19(21(3)18(22)25)9-5-4-6-10-19/h7-8,11H,4-6,9-10,12H2,1-3H3,(H,20,23). The van der Waals surface area contributed by atoms with Gasteiger partial charge in [-0.3, -0.25) is 14.5 Å². The van der Waals surface area contributed by atoms with E-state index in [0.29, 0.717) is 18.5 Å². The molecule has 0 aromatic heterocycles. The van der Waals surface area contributed by atoms with Gasteiger partial charge in [-0.25, -0.2) is 4.79 Å². The van der Waals surface area contributed by atoms with E-state index in [1.165, 1.54) is 0 Å². The fourth-order valence-corrected chi connectivity index (χ4v) is 3.96. The number of rotatable bonds is 3. The van der Waals surface area contributed by atoms with Gasteiger partial charge in [0.25, 0.3) is 5.91 Å². The lowest BCUT2D eigenvalue weighted by Gasteiger charge is -2.35. The van der Waals surface area contributed by atoms with Crippen LogP contribution in [0.15, 0.2) is 18.2 Å². The Morgan fingerprint density at radius 2 is 1.84 bits per heavy atom. The van der Waals surface area contributed by atoms with E-state index >= 15 is 0 Å². The zero-order valence-corrected chi connectivity index (χ0v) is 15.1. The Kier molecular flexibility index (Phi) is 4.54. The van der Waals surface area contributed by atoms with Crippen molar-refractivity contribution in [2.45, 2.75) is 51.5 Å². The molecular weight excluding hydrogens is 318 g/mol. The summed E-state index contributed by atoms with van der Waals surface area (Å²) in [5.41, 5.74) is 2.03. The number of aryl methyl sites for hydroxylation is 2. The van der Waals surface area contributed by atoms with Gasteiger partial charge in [0.1, 0.15) is 12.1 Å². The van der Waals surface area contributed by atoms with Crippen LogP contribution < -0.4 is 5.32 Å². The summed E-state index contributed by atoms with van der Waals surface area (Å²) < 4.78 is 0. The van der Waals surface area contributed by atoms with Crippen LogP contribution in [0.25, 0.3) is 0 Å². The maximum absolute atomic E-state index is 12.9. The first-order valence-corrected chi connectivity index (χ1v) is 8.82. The minimum absolute atomic E-state index is 0.226. The van der Waals surface area contributed by atoms with Gasteiger partial charge < -0.3 is 10.2 Å². The third-order valence-electron chi connectivity index (χ3n) is 5.44. The van der Waals surface area contributed by atoms with Gasteiger partial charge in [-0.15, -0.1) is 0 Å². The van der Waals surface area contributed by atoms with Crippen LogP contribution in [0.1, 0.15) is 43.2 Å². The summed E-state index contributed by atoms with van der Waals surface area (Å²) in [6.45, 7) is 3.66. The molecule has 1 aromatic rings. The molecule has 1 aliphatic carbocycles. The molecule has 25 heavy (non-hydrogen) atoms. The molecule has 0 unspecified atom stereocenters. The number of hydrogen-bond acceptors (Lipinski definition) is 3. The molecule has 1 saturated carbocycles. The van der Waals surface area contributed by atoms with Gasteiger partial charge >= 0.3 is 6.03 Å². The van der Waals surface area contributed by atoms with Crippen molar-refractivity contribution in [3.8, 4) is 0 Å². The number of amides is 4. The Morgan fingerprint density at radius 1 is 1.16 bits per heavy atom. The van der Waals surface area contributed by atoms with Gasteiger partial charge in [0.05, 0.1) is 0 Å². The zero-order valence-electron chi connectivity index (χ0n) is 15.1. The van der Waals surface area contributed by atoms with E-state index in [-0.39, 0.29) is 24.4 Å². The quantitative estimate of drug-likeness (QED) is 0.858. The molecule has 0 radical (unpaired) electrons. The Labute approximate surface area is 148 Å². The van der Waals surface area contributed by atoms with Crippen molar-refractivity contribution < 1.29 is 14.4 Å². The molecule has 3 rings (SSSR count). The van der Waals surface area contributed by atoms with Gasteiger partial charge in [-0.05, 0) is 38.3 Å². The predicted molar refractivity (Wildman–Crippen MR) is 95.2 cm³/mol. The van der Waals surface area contributed by atoms with Crippen molar-refractivity contribution >= 4 is 23.5 Å². The Bertz CT molecular complexity index is 723. The lowest BCUT2D eigenvalue weighted by Crippen LogP contribution is -2.49. The third-order valence-corrected chi connectivity index (χ3v) is 5.44. The van der Waals surface area contributed by atoms with Crippen molar-refractivity contribution in [3.63, 3.8) is 0 Å². The number of carbonyl (C=O) groups excluding carboxylic acids is 3. The molecular formula is C19H25N3O3. The van der Waals surface area contributed by atoms with Gasteiger partial charge in [0.2, 0.25) is 5.91 Å². The lowest BCUT2D eigenvalue weighted by atomic mass is 9.81. The molecule has 2 fully saturated rings. The van der Waals surface area contributed by atoms with Crippen molar-refractivity contribution in [1.29, 1.82) is 0 Å². The maximum atomic E-state index is 12.9. The molecule has 4 amide bonds. The number of urea groups is 1. The monoisotopic (exact) mass is 343 g/mol. The topological polar surface area (TPSA) is 69.7 Å². The molecule has 1 saturated heterocycles. The summed E-state index contributed by atoms with van der Waals surface area (Å²) in [4.78, 5) is 40.5. The smallest absolute Gasteiger partial charge is 0.324 e. The van der Waals surface area contributed by atoms with Crippen LogP contribution in [0.3, 0.4) is 0 Å². The van der Waals surface area contributed by atoms with Gasteiger partial charge in [-0.1, -0.05) is 37.0 Å². The van der Waals surface area contributed by atoms with Crippen LogP contribution in [0.5, 0.6) is 0 Å². The van der Waals surface area contributed by atoms with Crippen molar-refractivity contribution in [2.75, 3.05) is 18.9 Å². The van der Waals surface area contributed by atoms with Crippen LogP contribution in [0, 0.1) is 13.8 Å². The number of anilines is 1. The predicted octanol–water partition coefficient (Wildman–Crippen LogP) is 2.84. The number of likely N-dealkylation sites (N-methyl/N-ethyl adjacent to an activating group) is 1. The second-order valence-corrected chi connectivity index (χ2v) is 7.19. The molecule has 0 bridgehead atoms. The van der Waals surface area contributed by atoms with E-state index in [0.717, 1.165) is 35.3 Å². The normalized spacial score (nSPS) is 19.6. The molecule has 1 heterocycles. The van der Waals surface area contributed by atoms with Crippen LogP contribution in [-0.2, 0) is 9.59 Å². The van der Waals surface area contributed by atoms with Crippen LogP contribution in [0.2, 0.25) is 0 Å². The van der Waals surface area contributed by atoms with E-state index in [4.69, 9.17) is 0 Å². The minimum Gasteiger partial charge on any atom is -0.324 e. The maximum Gasteiger partial charge on any atom is 0.327 e. The highest BCUT2D eigenvalue weighted by atomic mass is 16.2. The summed E-state index contributed by atoms with van der Waals surface area (Å²) in [6.07, 6.45) is 4.33. The molecule has 1 spiro atoms. The fourth-order valence-electron chi connectivity index (χ4n) is 3.96. The third kappa shape index (κ3) is 3.01. The van der Waals surface area contributed by atoms with E-state index < -0.39 is 5.54 Å². The second kappa shape index (κ2) is 6.50. The van der Waals surface area contributed by atoms with Crippen molar-refractivity contribution in [3.05, 3.63) is 29.3 Å². The second-order valence-electron chi connectivity index (χ2n) is 7.19. The fraction of sp³-hybridized carbons (Fsp3) is 0.526. The summed E-state index contributed by atoms with van der Waals surface area (Å²) in [5.74, 6) is -0.578. The number of benzene rings is 1. The largest absolute Gasteiger partial charge is 0.327 e. The molecule has 6 nitrogen and oxygen atoms in total. The Hall–Kier alpha value is -2.37. The summed E-state index contributed by atoms with van der Waals surface area (Å²) in [6, 6.07) is 5.36. The minimum atomic E-state index is -0.741. The average Bonchev–Trinajstić information content (AvgIpc) is 2.75. The van der Waals surface area contributed by atoms with E-state index in [1.54, 1.807) is 11.9 Å². The summed E-state index contributed by atoms with van der Waals surface area (Å²) in [7, 11) is 1.67. The van der Waals surface area contributed by atoms with Gasteiger partial charge in [0.15, 0.2) is 0 Å². The van der Waals surface area contributed by atoms with Gasteiger partial charge in [-0.2, -0.15) is 0 Å². The molecule has 0 atom stereocenters. The van der Waals surface area contributed by atoms with Crippen molar-refractivity contribution in [1.82, 2.24) is 9.80 Å². The molecule has 6 heteroatoms. The number of imide groups is 1. The van der Waals surface area contributed by atoms with E-state index in [9.17, 15) is 14.4 Å². The van der Waals surface area contributed by atoms with Crippen LogP contribution >= 0.6 is 0 Å². The highest BCUT2D eigenvalue weighted by molar-refractivity contribution is 6.10. The first-order chi connectivity index (χ1) is 11.8. The summed E-state index contributed by atoms with van der Waals surface area (Å²) in [5, 5.41) is 2.81. The Morgan fingerprint density at radius 3 is 2.48 bits per heavy atom. The number of nitrogens with one attached hydrogen (secondary N) is 1. The number of carbonyl (C=O) groups is 3. The molecule has 1 aliphatic heterocycles.